The van der Waals surface area contributed by atoms with Crippen LogP contribution in [0.25, 0.3) is 0 Å². The minimum atomic E-state index is -0.0949. The second kappa shape index (κ2) is 11.1. The molecule has 0 fully saturated rings. The SMILES string of the molecule is CCCCN=C(NCCc1ccccc1)NC(=N)N.Cl. The number of aliphatic imine (C=N–C) groups is 1. The van der Waals surface area contributed by atoms with E-state index < -0.39 is 0 Å². The molecule has 0 aliphatic carbocycles. The maximum atomic E-state index is 7.25. The fraction of sp³-hybridized carbons (Fsp3) is 0.429. The first-order chi connectivity index (χ1) is 9.22. The fourth-order valence-corrected chi connectivity index (χ4v) is 1.59. The van der Waals surface area contributed by atoms with Crippen molar-refractivity contribution in [3.05, 3.63) is 35.9 Å². The topological polar surface area (TPSA) is 86.3 Å². The van der Waals surface area contributed by atoms with Crippen molar-refractivity contribution < 1.29 is 0 Å². The summed E-state index contributed by atoms with van der Waals surface area (Å²) in [6.07, 6.45) is 3.04. The van der Waals surface area contributed by atoms with Crippen LogP contribution < -0.4 is 16.4 Å². The van der Waals surface area contributed by atoms with Crippen LogP contribution in [0.5, 0.6) is 0 Å². The third kappa shape index (κ3) is 8.37. The predicted octanol–water partition coefficient (Wildman–Crippen LogP) is 1.88. The molecule has 0 heterocycles. The van der Waals surface area contributed by atoms with Gasteiger partial charge in [0, 0.05) is 13.1 Å². The number of nitrogens with zero attached hydrogens (tertiary/aromatic N) is 1. The van der Waals surface area contributed by atoms with Crippen LogP contribution in [0.2, 0.25) is 0 Å². The van der Waals surface area contributed by atoms with E-state index in [1.807, 2.05) is 18.2 Å². The molecular formula is C14H24ClN5. The Kier molecular flexibility index (Phi) is 10.1. The van der Waals surface area contributed by atoms with Gasteiger partial charge in [-0.1, -0.05) is 43.7 Å². The van der Waals surface area contributed by atoms with E-state index in [0.717, 1.165) is 32.4 Å². The Morgan fingerprint density at radius 1 is 1.30 bits per heavy atom. The number of unbranched alkanes of at least 4 members (excludes halogenated alkanes) is 1. The number of halogens is 1. The van der Waals surface area contributed by atoms with Crippen LogP contribution in [0.4, 0.5) is 0 Å². The number of benzene rings is 1. The molecular weight excluding hydrogens is 274 g/mol. The van der Waals surface area contributed by atoms with Gasteiger partial charge in [0.25, 0.3) is 0 Å². The van der Waals surface area contributed by atoms with Gasteiger partial charge in [-0.05, 0) is 18.4 Å². The van der Waals surface area contributed by atoms with Gasteiger partial charge in [0.1, 0.15) is 0 Å². The molecule has 5 nitrogen and oxygen atoms in total. The molecule has 0 saturated carbocycles. The van der Waals surface area contributed by atoms with E-state index in [2.05, 4.69) is 34.7 Å². The fourth-order valence-electron chi connectivity index (χ4n) is 1.59. The third-order valence-corrected chi connectivity index (χ3v) is 2.58. The smallest absolute Gasteiger partial charge is 0.198 e. The third-order valence-electron chi connectivity index (χ3n) is 2.58. The average molecular weight is 298 g/mol. The van der Waals surface area contributed by atoms with Crippen molar-refractivity contribution >= 4 is 24.3 Å². The van der Waals surface area contributed by atoms with Gasteiger partial charge in [-0.2, -0.15) is 0 Å². The van der Waals surface area contributed by atoms with Crippen molar-refractivity contribution in [2.24, 2.45) is 10.7 Å². The Bertz CT molecular complexity index is 405. The van der Waals surface area contributed by atoms with Gasteiger partial charge in [0.2, 0.25) is 0 Å². The highest BCUT2D eigenvalue weighted by atomic mass is 35.5. The Labute approximate surface area is 127 Å². The summed E-state index contributed by atoms with van der Waals surface area (Å²) in [6.45, 7) is 3.62. The number of nitrogens with one attached hydrogen (secondary N) is 3. The van der Waals surface area contributed by atoms with Crippen LogP contribution in [0.3, 0.4) is 0 Å². The van der Waals surface area contributed by atoms with E-state index >= 15 is 0 Å². The van der Waals surface area contributed by atoms with Crippen molar-refractivity contribution in [3.63, 3.8) is 0 Å². The molecule has 0 atom stereocenters. The molecule has 1 aromatic carbocycles. The molecule has 0 amide bonds. The summed E-state index contributed by atoms with van der Waals surface area (Å²) in [5, 5.41) is 13.2. The first-order valence-corrected chi connectivity index (χ1v) is 6.65. The molecule has 5 N–H and O–H groups in total. The molecule has 0 bridgehead atoms. The van der Waals surface area contributed by atoms with E-state index in [-0.39, 0.29) is 18.4 Å². The number of nitrogens with two attached hydrogens (primary N) is 1. The molecule has 0 spiro atoms. The summed E-state index contributed by atoms with van der Waals surface area (Å²) in [6, 6.07) is 10.2. The van der Waals surface area contributed by atoms with Crippen LogP contribution in [0, 0.1) is 5.41 Å². The average Bonchev–Trinajstić information content (AvgIpc) is 2.39. The molecule has 1 rings (SSSR count). The standard InChI is InChI=1S/C14H23N5.ClH/c1-2-3-10-17-14(19-13(15)16)18-11-9-12-7-5-4-6-8-12;/h4-8H,2-3,9-11H2,1H3,(H5,15,16,17,18,19);1H. The normalized spacial score (nSPS) is 10.6. The number of hydrogen-bond donors (Lipinski definition) is 4. The molecule has 0 radical (unpaired) electrons. The van der Waals surface area contributed by atoms with Gasteiger partial charge in [-0.15, -0.1) is 12.4 Å². The Balaban J connectivity index is 0.00000361. The van der Waals surface area contributed by atoms with Crippen molar-refractivity contribution in [1.29, 1.82) is 5.41 Å². The summed E-state index contributed by atoms with van der Waals surface area (Å²) < 4.78 is 0. The van der Waals surface area contributed by atoms with Gasteiger partial charge >= 0.3 is 0 Å². The molecule has 0 aromatic heterocycles. The molecule has 6 heteroatoms. The highest BCUT2D eigenvalue weighted by Crippen LogP contribution is 1.98. The molecule has 0 unspecified atom stereocenters. The second-order valence-corrected chi connectivity index (χ2v) is 4.28. The van der Waals surface area contributed by atoms with Crippen LogP contribution in [-0.4, -0.2) is 25.0 Å². The zero-order chi connectivity index (χ0) is 13.9. The largest absolute Gasteiger partial charge is 0.370 e. The van der Waals surface area contributed by atoms with E-state index in [4.69, 9.17) is 11.1 Å². The van der Waals surface area contributed by atoms with Gasteiger partial charge < -0.3 is 11.1 Å². The minimum Gasteiger partial charge on any atom is -0.370 e. The van der Waals surface area contributed by atoms with Crippen LogP contribution >= 0.6 is 12.4 Å². The molecule has 0 saturated heterocycles. The first-order valence-electron chi connectivity index (χ1n) is 6.65. The van der Waals surface area contributed by atoms with Gasteiger partial charge in [-0.3, -0.25) is 15.7 Å². The summed E-state index contributed by atoms with van der Waals surface area (Å²) in [4.78, 5) is 4.36. The van der Waals surface area contributed by atoms with Crippen molar-refractivity contribution in [2.45, 2.75) is 26.2 Å². The number of guanidine groups is 2. The van der Waals surface area contributed by atoms with Crippen LogP contribution in [-0.2, 0) is 6.42 Å². The van der Waals surface area contributed by atoms with Gasteiger partial charge in [0.05, 0.1) is 0 Å². The molecule has 20 heavy (non-hydrogen) atoms. The molecule has 112 valence electrons. The monoisotopic (exact) mass is 297 g/mol. The van der Waals surface area contributed by atoms with E-state index in [1.54, 1.807) is 0 Å². The number of rotatable bonds is 6. The molecule has 0 aliphatic rings. The van der Waals surface area contributed by atoms with Gasteiger partial charge in [0.15, 0.2) is 11.9 Å². The maximum Gasteiger partial charge on any atom is 0.198 e. The second-order valence-electron chi connectivity index (χ2n) is 4.28. The van der Waals surface area contributed by atoms with E-state index in [9.17, 15) is 0 Å². The maximum absolute atomic E-state index is 7.25. The van der Waals surface area contributed by atoms with Crippen molar-refractivity contribution in [3.8, 4) is 0 Å². The van der Waals surface area contributed by atoms with Crippen LogP contribution in [0.1, 0.15) is 25.3 Å². The summed E-state index contributed by atoms with van der Waals surface area (Å²) in [5.74, 6) is 0.486. The highest BCUT2D eigenvalue weighted by Gasteiger charge is 1.99. The Morgan fingerprint density at radius 3 is 2.60 bits per heavy atom. The van der Waals surface area contributed by atoms with Gasteiger partial charge in [-0.25, -0.2) is 0 Å². The lowest BCUT2D eigenvalue weighted by Gasteiger charge is -2.11. The zero-order valence-electron chi connectivity index (χ0n) is 11.9. The lowest BCUT2D eigenvalue weighted by molar-refractivity contribution is 0.785. The molecule has 1 aromatic rings. The summed E-state index contributed by atoms with van der Waals surface area (Å²) in [7, 11) is 0. The van der Waals surface area contributed by atoms with Crippen LogP contribution in [0.15, 0.2) is 35.3 Å². The summed E-state index contributed by atoms with van der Waals surface area (Å²) in [5.41, 5.74) is 6.60. The zero-order valence-corrected chi connectivity index (χ0v) is 12.7. The van der Waals surface area contributed by atoms with Crippen molar-refractivity contribution in [1.82, 2.24) is 10.6 Å². The quantitative estimate of drug-likeness (QED) is 0.367. The Morgan fingerprint density at radius 2 is 2.00 bits per heavy atom. The number of hydrogen-bond acceptors (Lipinski definition) is 2. The molecule has 0 aliphatic heterocycles. The Hall–Kier alpha value is -1.75. The lowest BCUT2D eigenvalue weighted by Crippen LogP contribution is -2.44. The minimum absolute atomic E-state index is 0. The van der Waals surface area contributed by atoms with E-state index in [1.165, 1.54) is 5.56 Å². The lowest BCUT2D eigenvalue weighted by atomic mass is 10.1. The first kappa shape index (κ1) is 18.2. The summed E-state index contributed by atoms with van der Waals surface area (Å²) >= 11 is 0. The highest BCUT2D eigenvalue weighted by molar-refractivity contribution is 5.96. The van der Waals surface area contributed by atoms with Crippen molar-refractivity contribution in [2.75, 3.05) is 13.1 Å². The predicted molar refractivity (Wildman–Crippen MR) is 87.7 cm³/mol. The van der Waals surface area contributed by atoms with E-state index in [0.29, 0.717) is 5.96 Å².